The molecule has 2 aliphatic heterocycles. The van der Waals surface area contributed by atoms with Crippen molar-refractivity contribution in [3.05, 3.63) is 41.1 Å². The second-order valence-corrected chi connectivity index (χ2v) is 7.34. The van der Waals surface area contributed by atoms with E-state index in [-0.39, 0.29) is 11.2 Å². The SMILES string of the molecule is CC[C@H]1SC2=NC(C)=C(C(=O)OC)[C@H](c3ccc(OC(C)=O)cc3)N2C1=O. The van der Waals surface area contributed by atoms with Gasteiger partial charge < -0.3 is 9.47 Å². The highest BCUT2D eigenvalue weighted by Crippen LogP contribution is 2.44. The molecule has 2 atom stereocenters. The maximum Gasteiger partial charge on any atom is 0.338 e. The number of amidine groups is 1. The van der Waals surface area contributed by atoms with E-state index in [2.05, 4.69) is 4.99 Å². The van der Waals surface area contributed by atoms with Gasteiger partial charge in [-0.25, -0.2) is 9.79 Å². The number of nitrogens with zero attached hydrogens (tertiary/aromatic N) is 2. The Kier molecular flexibility index (Phi) is 5.36. The van der Waals surface area contributed by atoms with Crippen molar-refractivity contribution in [2.24, 2.45) is 4.99 Å². The topological polar surface area (TPSA) is 85.3 Å². The third-order valence-corrected chi connectivity index (χ3v) is 5.70. The number of hydrogen-bond donors (Lipinski definition) is 0. The molecule has 7 nitrogen and oxygen atoms in total. The predicted molar refractivity (Wildman–Crippen MR) is 101 cm³/mol. The predicted octanol–water partition coefficient (Wildman–Crippen LogP) is 2.82. The average molecular weight is 388 g/mol. The van der Waals surface area contributed by atoms with Crippen LogP contribution >= 0.6 is 11.8 Å². The molecule has 1 amide bonds. The van der Waals surface area contributed by atoms with Gasteiger partial charge in [-0.2, -0.15) is 0 Å². The zero-order valence-electron chi connectivity index (χ0n) is 15.5. The lowest BCUT2D eigenvalue weighted by Crippen LogP contribution is -2.40. The van der Waals surface area contributed by atoms with Gasteiger partial charge >= 0.3 is 11.9 Å². The number of carbonyl (C=O) groups excluding carboxylic acids is 3. The standard InChI is InChI=1S/C19H20N2O5S/c1-5-14-17(23)21-16(12-6-8-13(9-7-12)26-11(3)22)15(18(24)25-4)10(2)20-19(21)27-14/h6-9,14,16H,5H2,1-4H3/t14-,16+/m1/s1. The molecule has 0 bridgehead atoms. The fraction of sp³-hybridized carbons (Fsp3) is 0.368. The van der Waals surface area contributed by atoms with Gasteiger partial charge in [0, 0.05) is 6.92 Å². The summed E-state index contributed by atoms with van der Waals surface area (Å²) in [4.78, 5) is 42.5. The van der Waals surface area contributed by atoms with Gasteiger partial charge in [-0.1, -0.05) is 30.8 Å². The first-order chi connectivity index (χ1) is 12.9. The summed E-state index contributed by atoms with van der Waals surface area (Å²) < 4.78 is 10.0. The lowest BCUT2D eigenvalue weighted by molar-refractivity contribution is -0.137. The molecule has 0 spiro atoms. The van der Waals surface area contributed by atoms with E-state index >= 15 is 0 Å². The Bertz CT molecular complexity index is 859. The molecule has 27 heavy (non-hydrogen) atoms. The molecule has 2 aliphatic rings. The molecule has 0 unspecified atom stereocenters. The molecule has 1 fully saturated rings. The van der Waals surface area contributed by atoms with Crippen LogP contribution in [0.2, 0.25) is 0 Å². The molecule has 1 saturated heterocycles. The van der Waals surface area contributed by atoms with Crippen molar-refractivity contribution in [1.82, 2.24) is 4.90 Å². The number of amides is 1. The quantitative estimate of drug-likeness (QED) is 0.582. The first-order valence-electron chi connectivity index (χ1n) is 8.53. The van der Waals surface area contributed by atoms with Crippen LogP contribution in [0.5, 0.6) is 5.75 Å². The van der Waals surface area contributed by atoms with Gasteiger partial charge in [0.2, 0.25) is 5.91 Å². The summed E-state index contributed by atoms with van der Waals surface area (Å²) in [6.45, 7) is 5.00. The number of rotatable bonds is 4. The number of allylic oxidation sites excluding steroid dienone is 1. The average Bonchev–Trinajstić information content (AvgIpc) is 2.95. The van der Waals surface area contributed by atoms with Gasteiger partial charge in [0.1, 0.15) is 5.75 Å². The Labute approximate surface area is 161 Å². The lowest BCUT2D eigenvalue weighted by atomic mass is 9.94. The van der Waals surface area contributed by atoms with E-state index in [1.54, 1.807) is 36.1 Å². The number of esters is 2. The lowest BCUT2D eigenvalue weighted by Gasteiger charge is -2.32. The van der Waals surface area contributed by atoms with Crippen molar-refractivity contribution in [3.8, 4) is 5.75 Å². The van der Waals surface area contributed by atoms with Crippen LogP contribution in [0, 0.1) is 0 Å². The van der Waals surface area contributed by atoms with Gasteiger partial charge in [-0.05, 0) is 31.0 Å². The summed E-state index contributed by atoms with van der Waals surface area (Å²) in [5.74, 6) is -0.631. The molecule has 3 rings (SSSR count). The second-order valence-electron chi connectivity index (χ2n) is 6.17. The van der Waals surface area contributed by atoms with Gasteiger partial charge in [0.15, 0.2) is 5.17 Å². The minimum absolute atomic E-state index is 0.0794. The fourth-order valence-corrected chi connectivity index (χ4v) is 4.29. The van der Waals surface area contributed by atoms with Crippen molar-refractivity contribution >= 4 is 34.8 Å². The molecule has 1 aromatic rings. The second kappa shape index (κ2) is 7.56. The van der Waals surface area contributed by atoms with Gasteiger partial charge in [-0.3, -0.25) is 14.5 Å². The zero-order chi connectivity index (χ0) is 19.7. The molecule has 2 heterocycles. The monoisotopic (exact) mass is 388 g/mol. The Hall–Kier alpha value is -2.61. The van der Waals surface area contributed by atoms with Crippen LogP contribution in [0.15, 0.2) is 40.5 Å². The Morgan fingerprint density at radius 1 is 1.26 bits per heavy atom. The highest BCUT2D eigenvalue weighted by Gasteiger charge is 2.47. The zero-order valence-corrected chi connectivity index (χ0v) is 16.3. The molecular formula is C19H20N2O5S. The minimum atomic E-state index is -0.632. The molecular weight excluding hydrogens is 368 g/mol. The Balaban J connectivity index is 2.07. The van der Waals surface area contributed by atoms with E-state index in [0.717, 1.165) is 0 Å². The van der Waals surface area contributed by atoms with Gasteiger partial charge in [0.25, 0.3) is 0 Å². The largest absolute Gasteiger partial charge is 0.466 e. The van der Waals surface area contributed by atoms with Crippen molar-refractivity contribution in [3.63, 3.8) is 0 Å². The molecule has 0 aliphatic carbocycles. The molecule has 1 aromatic carbocycles. The van der Waals surface area contributed by atoms with E-state index in [4.69, 9.17) is 9.47 Å². The van der Waals surface area contributed by atoms with E-state index in [1.165, 1.54) is 25.8 Å². The first kappa shape index (κ1) is 19.2. The number of carbonyl (C=O) groups is 3. The summed E-state index contributed by atoms with van der Waals surface area (Å²) in [7, 11) is 1.30. The van der Waals surface area contributed by atoms with Crippen LogP contribution in [0.3, 0.4) is 0 Å². The third-order valence-electron chi connectivity index (χ3n) is 4.38. The number of fused-ring (bicyclic) bond motifs is 1. The van der Waals surface area contributed by atoms with Crippen molar-refractivity contribution in [2.75, 3.05) is 7.11 Å². The number of ether oxygens (including phenoxy) is 2. The van der Waals surface area contributed by atoms with Crippen molar-refractivity contribution in [2.45, 2.75) is 38.5 Å². The van der Waals surface area contributed by atoms with E-state index in [0.29, 0.717) is 34.2 Å². The number of benzene rings is 1. The Morgan fingerprint density at radius 3 is 2.48 bits per heavy atom. The summed E-state index contributed by atoms with van der Waals surface area (Å²) >= 11 is 1.41. The van der Waals surface area contributed by atoms with Crippen molar-refractivity contribution < 1.29 is 23.9 Å². The van der Waals surface area contributed by atoms with Crippen LogP contribution in [0.1, 0.15) is 38.8 Å². The summed E-state index contributed by atoms with van der Waals surface area (Å²) in [5.41, 5.74) is 1.56. The maximum atomic E-state index is 12.9. The summed E-state index contributed by atoms with van der Waals surface area (Å²) in [6, 6.07) is 6.11. The first-order valence-corrected chi connectivity index (χ1v) is 9.41. The molecule has 8 heteroatoms. The van der Waals surface area contributed by atoms with Crippen LogP contribution in [0.25, 0.3) is 0 Å². The number of thioether (sulfide) groups is 1. The third kappa shape index (κ3) is 3.49. The molecule has 0 aromatic heterocycles. The fourth-order valence-electron chi connectivity index (χ4n) is 3.16. The molecule has 0 saturated carbocycles. The van der Waals surface area contributed by atoms with E-state index < -0.39 is 18.0 Å². The van der Waals surface area contributed by atoms with Crippen LogP contribution in [-0.4, -0.2) is 40.3 Å². The minimum Gasteiger partial charge on any atom is -0.466 e. The highest BCUT2D eigenvalue weighted by molar-refractivity contribution is 8.15. The van der Waals surface area contributed by atoms with Gasteiger partial charge in [-0.15, -0.1) is 0 Å². The summed E-state index contributed by atoms with van der Waals surface area (Å²) in [6.07, 6.45) is 0.670. The van der Waals surface area contributed by atoms with Crippen LogP contribution < -0.4 is 4.74 Å². The van der Waals surface area contributed by atoms with E-state index in [9.17, 15) is 14.4 Å². The smallest absolute Gasteiger partial charge is 0.338 e. The normalized spacial score (nSPS) is 21.7. The number of methoxy groups -OCH3 is 1. The highest BCUT2D eigenvalue weighted by atomic mass is 32.2. The maximum absolute atomic E-state index is 12.9. The molecule has 0 radical (unpaired) electrons. The van der Waals surface area contributed by atoms with Crippen LogP contribution in [-0.2, 0) is 19.1 Å². The van der Waals surface area contributed by atoms with E-state index in [1.807, 2.05) is 6.92 Å². The summed E-state index contributed by atoms with van der Waals surface area (Å²) in [5, 5.41) is 0.363. The molecule has 0 N–H and O–H groups in total. The Morgan fingerprint density at radius 2 is 1.93 bits per heavy atom. The molecule has 142 valence electrons. The number of hydrogen-bond acceptors (Lipinski definition) is 7. The van der Waals surface area contributed by atoms with Crippen LogP contribution in [0.4, 0.5) is 0 Å². The van der Waals surface area contributed by atoms with Gasteiger partial charge in [0.05, 0.1) is 29.7 Å². The number of aliphatic imine (C=N–C) groups is 1. The van der Waals surface area contributed by atoms with Crippen molar-refractivity contribution in [1.29, 1.82) is 0 Å².